The van der Waals surface area contributed by atoms with Crippen LogP contribution in [0.1, 0.15) is 40.5 Å². The number of hydrogen-bond donors (Lipinski definition) is 5. The molecule has 0 bridgehead atoms. The Morgan fingerprint density at radius 2 is 1.82 bits per heavy atom. The SMILES string of the molecule is CC1(C)CC(Nc2nnc(-c3cc4cn[nH]c4cc3O)cc2N)CC(C)(C)N1. The molecule has 1 fully saturated rings. The minimum Gasteiger partial charge on any atom is -0.507 e. The number of aromatic hydroxyl groups is 1. The quantitative estimate of drug-likeness (QED) is 0.472. The normalized spacial score (nSPS) is 19.0. The Bertz CT molecular complexity index is 1010. The lowest BCUT2D eigenvalue weighted by molar-refractivity contribution is 0.170. The molecule has 28 heavy (non-hydrogen) atoms. The summed E-state index contributed by atoms with van der Waals surface area (Å²) >= 11 is 0. The second-order valence-corrected chi connectivity index (χ2v) is 9.00. The van der Waals surface area contributed by atoms with Crippen molar-refractivity contribution in [3.05, 3.63) is 24.4 Å². The second-order valence-electron chi connectivity index (χ2n) is 9.00. The van der Waals surface area contributed by atoms with Gasteiger partial charge in [-0.1, -0.05) is 0 Å². The van der Waals surface area contributed by atoms with Crippen molar-refractivity contribution in [3.8, 4) is 17.0 Å². The Kier molecular flexibility index (Phi) is 4.19. The molecule has 1 aliphatic heterocycles. The smallest absolute Gasteiger partial charge is 0.172 e. The number of phenolic OH excluding ortho intramolecular Hbond substituents is 1. The van der Waals surface area contributed by atoms with Crippen molar-refractivity contribution in [1.82, 2.24) is 25.7 Å². The zero-order valence-corrected chi connectivity index (χ0v) is 16.7. The van der Waals surface area contributed by atoms with Crippen molar-refractivity contribution >= 4 is 22.4 Å². The lowest BCUT2D eigenvalue weighted by Crippen LogP contribution is -2.60. The topological polar surface area (TPSA) is 125 Å². The molecule has 0 radical (unpaired) electrons. The number of aromatic amines is 1. The van der Waals surface area contributed by atoms with E-state index in [1.165, 1.54) is 0 Å². The lowest BCUT2D eigenvalue weighted by atomic mass is 9.79. The third-order valence-corrected chi connectivity index (χ3v) is 5.19. The number of nitrogens with one attached hydrogen (secondary N) is 3. The van der Waals surface area contributed by atoms with Gasteiger partial charge in [-0.3, -0.25) is 5.10 Å². The number of phenols is 1. The molecular weight excluding hydrogens is 354 g/mol. The zero-order valence-electron chi connectivity index (χ0n) is 16.7. The Morgan fingerprint density at radius 1 is 1.11 bits per heavy atom. The van der Waals surface area contributed by atoms with Crippen LogP contribution in [0.4, 0.5) is 11.5 Å². The van der Waals surface area contributed by atoms with Crippen LogP contribution in [0.5, 0.6) is 5.75 Å². The van der Waals surface area contributed by atoms with E-state index in [2.05, 4.69) is 58.7 Å². The number of hydrogen-bond acceptors (Lipinski definition) is 7. The largest absolute Gasteiger partial charge is 0.507 e. The minimum atomic E-state index is 0.0212. The van der Waals surface area contributed by atoms with E-state index < -0.39 is 0 Å². The molecule has 0 unspecified atom stereocenters. The average molecular weight is 381 g/mol. The van der Waals surface area contributed by atoms with E-state index >= 15 is 0 Å². The summed E-state index contributed by atoms with van der Waals surface area (Å²) in [7, 11) is 0. The number of aromatic nitrogens is 4. The number of rotatable bonds is 3. The monoisotopic (exact) mass is 381 g/mol. The lowest BCUT2D eigenvalue weighted by Gasteiger charge is -2.46. The molecule has 0 atom stereocenters. The molecule has 3 aromatic rings. The molecule has 148 valence electrons. The number of nitrogens with two attached hydrogens (primary N) is 1. The highest BCUT2D eigenvalue weighted by Gasteiger charge is 2.37. The first-order chi connectivity index (χ1) is 13.1. The molecule has 0 saturated carbocycles. The number of H-pyrrole nitrogens is 1. The van der Waals surface area contributed by atoms with Crippen LogP contribution >= 0.6 is 0 Å². The number of fused-ring (bicyclic) bond motifs is 1. The van der Waals surface area contributed by atoms with Crippen LogP contribution in [0.2, 0.25) is 0 Å². The van der Waals surface area contributed by atoms with Crippen molar-refractivity contribution in [2.75, 3.05) is 11.1 Å². The molecule has 1 aliphatic rings. The highest BCUT2D eigenvalue weighted by atomic mass is 16.3. The summed E-state index contributed by atoms with van der Waals surface area (Å²) in [6, 6.07) is 5.43. The van der Waals surface area contributed by atoms with Crippen LogP contribution in [0.15, 0.2) is 24.4 Å². The van der Waals surface area contributed by atoms with Gasteiger partial charge in [0.1, 0.15) is 5.75 Å². The third-order valence-electron chi connectivity index (χ3n) is 5.19. The van der Waals surface area contributed by atoms with Gasteiger partial charge in [0.15, 0.2) is 5.82 Å². The van der Waals surface area contributed by atoms with Gasteiger partial charge in [0, 0.05) is 34.1 Å². The van der Waals surface area contributed by atoms with E-state index in [4.69, 9.17) is 5.73 Å². The van der Waals surface area contributed by atoms with Gasteiger partial charge in [0.2, 0.25) is 0 Å². The van der Waals surface area contributed by atoms with Crippen LogP contribution in [-0.2, 0) is 0 Å². The van der Waals surface area contributed by atoms with E-state index in [1.54, 1.807) is 18.3 Å². The number of benzene rings is 1. The molecular formula is C20H27N7O. The van der Waals surface area contributed by atoms with Gasteiger partial charge in [0.05, 0.1) is 23.1 Å². The summed E-state index contributed by atoms with van der Waals surface area (Å²) in [5.41, 5.74) is 8.68. The number of anilines is 2. The van der Waals surface area contributed by atoms with Crippen LogP contribution in [0, 0.1) is 0 Å². The predicted molar refractivity (Wildman–Crippen MR) is 111 cm³/mol. The standard InChI is InChI=1S/C20H27N7O/c1-19(2)8-12(9-20(3,4)27-19)23-18-14(21)6-16(25-26-18)13-5-11-10-22-24-15(11)7-17(13)28/h5-7,10,12,27-28H,8-9H2,1-4H3,(H2,21,25)(H,22,24)(H,23,26). The summed E-state index contributed by atoms with van der Waals surface area (Å²) in [5, 5.41) is 33.8. The fraction of sp³-hybridized carbons (Fsp3) is 0.450. The summed E-state index contributed by atoms with van der Waals surface area (Å²) < 4.78 is 0. The molecule has 1 saturated heterocycles. The Morgan fingerprint density at radius 3 is 2.50 bits per heavy atom. The zero-order chi connectivity index (χ0) is 20.1. The summed E-state index contributed by atoms with van der Waals surface area (Å²) in [5.74, 6) is 0.680. The van der Waals surface area contributed by atoms with Gasteiger partial charge in [-0.05, 0) is 52.7 Å². The Labute approximate surface area is 163 Å². The fourth-order valence-corrected chi connectivity index (χ4v) is 4.45. The van der Waals surface area contributed by atoms with Crippen LogP contribution in [-0.4, -0.2) is 42.6 Å². The van der Waals surface area contributed by atoms with Crippen LogP contribution in [0.3, 0.4) is 0 Å². The van der Waals surface area contributed by atoms with Gasteiger partial charge in [-0.25, -0.2) is 0 Å². The van der Waals surface area contributed by atoms with Gasteiger partial charge in [-0.15, -0.1) is 10.2 Å². The molecule has 8 heteroatoms. The van der Waals surface area contributed by atoms with Crippen molar-refractivity contribution in [2.24, 2.45) is 0 Å². The highest BCUT2D eigenvalue weighted by Crippen LogP contribution is 2.34. The van der Waals surface area contributed by atoms with Gasteiger partial charge < -0.3 is 21.5 Å². The molecule has 2 aromatic heterocycles. The first-order valence-corrected chi connectivity index (χ1v) is 9.47. The molecule has 3 heterocycles. The molecule has 0 spiro atoms. The van der Waals surface area contributed by atoms with Crippen molar-refractivity contribution in [2.45, 2.75) is 57.7 Å². The molecule has 6 N–H and O–H groups in total. The Balaban J connectivity index is 1.60. The minimum absolute atomic E-state index is 0.0212. The number of nitrogen functional groups attached to an aromatic ring is 1. The maximum Gasteiger partial charge on any atom is 0.172 e. The average Bonchev–Trinajstić information content (AvgIpc) is 3.00. The van der Waals surface area contributed by atoms with Gasteiger partial charge >= 0.3 is 0 Å². The second kappa shape index (κ2) is 6.34. The first kappa shape index (κ1) is 18.5. The first-order valence-electron chi connectivity index (χ1n) is 9.47. The molecule has 1 aromatic carbocycles. The number of piperidine rings is 1. The van der Waals surface area contributed by atoms with E-state index in [-0.39, 0.29) is 22.9 Å². The predicted octanol–water partition coefficient (Wildman–Crippen LogP) is 3.03. The maximum atomic E-state index is 10.3. The maximum absolute atomic E-state index is 10.3. The van der Waals surface area contributed by atoms with E-state index in [0.29, 0.717) is 22.8 Å². The summed E-state index contributed by atoms with van der Waals surface area (Å²) in [4.78, 5) is 0. The van der Waals surface area contributed by atoms with Crippen LogP contribution in [0.25, 0.3) is 22.2 Å². The number of nitrogens with zero attached hydrogens (tertiary/aromatic N) is 3. The van der Waals surface area contributed by atoms with Crippen molar-refractivity contribution in [1.29, 1.82) is 0 Å². The van der Waals surface area contributed by atoms with Gasteiger partial charge in [0.25, 0.3) is 0 Å². The molecule has 4 rings (SSSR count). The van der Waals surface area contributed by atoms with E-state index in [0.717, 1.165) is 23.7 Å². The van der Waals surface area contributed by atoms with E-state index in [9.17, 15) is 5.11 Å². The van der Waals surface area contributed by atoms with Crippen molar-refractivity contribution in [3.63, 3.8) is 0 Å². The summed E-state index contributed by atoms with van der Waals surface area (Å²) in [6.07, 6.45) is 3.61. The Hall–Kier alpha value is -2.87. The molecule has 0 aliphatic carbocycles. The van der Waals surface area contributed by atoms with Crippen LogP contribution < -0.4 is 16.4 Å². The van der Waals surface area contributed by atoms with E-state index in [1.807, 2.05) is 6.07 Å². The fourth-order valence-electron chi connectivity index (χ4n) is 4.45. The highest BCUT2D eigenvalue weighted by molar-refractivity contribution is 5.87. The molecule has 0 amide bonds. The summed E-state index contributed by atoms with van der Waals surface area (Å²) in [6.45, 7) is 8.82. The van der Waals surface area contributed by atoms with Gasteiger partial charge in [-0.2, -0.15) is 5.10 Å². The third kappa shape index (κ3) is 3.60. The molecule has 8 nitrogen and oxygen atoms in total. The van der Waals surface area contributed by atoms with Crippen molar-refractivity contribution < 1.29 is 5.11 Å².